The monoisotopic (exact) mass is 476 g/mol. The van der Waals surface area contributed by atoms with Crippen LogP contribution in [0.4, 0.5) is 5.69 Å². The summed E-state index contributed by atoms with van der Waals surface area (Å²) in [4.78, 5) is 17.9. The Morgan fingerprint density at radius 2 is 1.97 bits per heavy atom. The maximum Gasteiger partial charge on any atom is 0.265 e. The molecule has 2 aromatic carbocycles. The lowest BCUT2D eigenvalue weighted by Gasteiger charge is -2.29. The average Bonchev–Trinajstić information content (AvgIpc) is 3.23. The molecule has 4 rings (SSSR count). The van der Waals surface area contributed by atoms with Crippen LogP contribution in [0, 0.1) is 6.92 Å². The number of fused-ring (bicyclic) bond motifs is 1. The summed E-state index contributed by atoms with van der Waals surface area (Å²) >= 11 is 6.33. The normalized spacial score (nSPS) is 13.7. The fourth-order valence-electron chi connectivity index (χ4n) is 3.18. The molecule has 0 atom stereocenters. The molecule has 0 radical (unpaired) electrons. The molecule has 9 nitrogen and oxygen atoms in total. The Morgan fingerprint density at radius 1 is 1.22 bits per heavy atom. The minimum absolute atomic E-state index is 0.0363. The van der Waals surface area contributed by atoms with Crippen LogP contribution in [0.1, 0.15) is 29.8 Å². The Labute approximate surface area is 190 Å². The minimum Gasteiger partial charge on any atom is -0.482 e. The molecular formula is C21H21ClN4O5S. The Morgan fingerprint density at radius 3 is 2.66 bits per heavy atom. The summed E-state index contributed by atoms with van der Waals surface area (Å²) < 4.78 is 38.9. The van der Waals surface area contributed by atoms with E-state index in [9.17, 15) is 13.2 Å². The zero-order valence-corrected chi connectivity index (χ0v) is 19.0. The zero-order chi connectivity index (χ0) is 22.9. The number of carbonyl (C=O) groups excluding carboxylic acids is 1. The number of hydrogen-bond acceptors (Lipinski definition) is 7. The van der Waals surface area contributed by atoms with Gasteiger partial charge < -0.3 is 9.26 Å². The topological polar surface area (TPSA) is 115 Å². The largest absolute Gasteiger partial charge is 0.482 e. The van der Waals surface area contributed by atoms with Crippen LogP contribution in [-0.4, -0.2) is 31.1 Å². The summed E-state index contributed by atoms with van der Waals surface area (Å²) in [5, 5.41) is 3.83. The van der Waals surface area contributed by atoms with E-state index in [0.29, 0.717) is 23.8 Å². The maximum absolute atomic E-state index is 12.9. The number of rotatable bonds is 7. The molecule has 0 fully saturated rings. The summed E-state index contributed by atoms with van der Waals surface area (Å²) in [5.41, 5.74) is 2.23. The number of amides is 1. The Hall–Kier alpha value is -2.95. The number of halogens is 1. The molecule has 11 heteroatoms. The lowest BCUT2D eigenvalue weighted by Crippen LogP contribution is -2.38. The number of ether oxygens (including phenoxy) is 1. The van der Waals surface area contributed by atoms with Crippen molar-refractivity contribution in [3.8, 4) is 5.75 Å². The van der Waals surface area contributed by atoms with Gasteiger partial charge in [-0.05, 0) is 18.6 Å². The first-order chi connectivity index (χ1) is 15.3. The van der Waals surface area contributed by atoms with Gasteiger partial charge in [0.15, 0.2) is 12.4 Å². The highest BCUT2D eigenvalue weighted by Crippen LogP contribution is 2.39. The van der Waals surface area contributed by atoms with Crippen molar-refractivity contribution in [1.29, 1.82) is 0 Å². The number of nitrogens with zero attached hydrogens (tertiary/aromatic N) is 3. The van der Waals surface area contributed by atoms with Crippen LogP contribution in [0.5, 0.6) is 5.75 Å². The van der Waals surface area contributed by atoms with Crippen LogP contribution in [0.25, 0.3) is 0 Å². The van der Waals surface area contributed by atoms with Gasteiger partial charge in [-0.3, -0.25) is 9.69 Å². The van der Waals surface area contributed by atoms with E-state index in [1.54, 1.807) is 0 Å². The summed E-state index contributed by atoms with van der Waals surface area (Å²) in [6.45, 7) is 3.74. The molecule has 0 unspecified atom stereocenters. The van der Waals surface area contributed by atoms with Crippen LogP contribution in [-0.2, 0) is 34.3 Å². The molecule has 1 amide bonds. The van der Waals surface area contributed by atoms with Gasteiger partial charge in [0.1, 0.15) is 10.6 Å². The van der Waals surface area contributed by atoms with Crippen molar-refractivity contribution in [3.63, 3.8) is 0 Å². The van der Waals surface area contributed by atoms with Gasteiger partial charge in [-0.1, -0.05) is 53.5 Å². The van der Waals surface area contributed by atoms with Crippen LogP contribution in [0.15, 0.2) is 45.8 Å². The maximum atomic E-state index is 12.9. The number of aromatic nitrogens is 2. The summed E-state index contributed by atoms with van der Waals surface area (Å²) in [6.07, 6.45) is 0.573. The predicted molar refractivity (Wildman–Crippen MR) is 117 cm³/mol. The van der Waals surface area contributed by atoms with E-state index in [2.05, 4.69) is 14.9 Å². The van der Waals surface area contributed by atoms with Crippen molar-refractivity contribution in [1.82, 2.24) is 14.9 Å². The lowest BCUT2D eigenvalue weighted by molar-refractivity contribution is -0.121. The van der Waals surface area contributed by atoms with E-state index in [0.717, 1.165) is 11.1 Å². The minimum atomic E-state index is -3.93. The lowest BCUT2D eigenvalue weighted by atomic mass is 10.2. The fourth-order valence-corrected chi connectivity index (χ4v) is 4.74. The van der Waals surface area contributed by atoms with Gasteiger partial charge in [0.05, 0.1) is 17.3 Å². The molecule has 2 heterocycles. The third-order valence-electron chi connectivity index (χ3n) is 4.95. The SMILES string of the molecule is CCc1nc(CN2C(=O)COc3cc(S(=O)(=O)NCc4ccc(C)cc4)c(Cl)cc32)no1. The molecule has 0 saturated heterocycles. The van der Waals surface area contributed by atoms with Crippen LogP contribution >= 0.6 is 11.6 Å². The van der Waals surface area contributed by atoms with Gasteiger partial charge in [0.25, 0.3) is 5.91 Å². The zero-order valence-electron chi connectivity index (χ0n) is 17.5. The number of benzene rings is 2. The van der Waals surface area contributed by atoms with E-state index >= 15 is 0 Å². The van der Waals surface area contributed by atoms with Crippen molar-refractivity contribution in [3.05, 3.63) is 64.3 Å². The van der Waals surface area contributed by atoms with Crippen molar-refractivity contribution in [2.45, 2.75) is 38.3 Å². The number of aryl methyl sites for hydroxylation is 2. The standard InChI is InChI=1S/C21H21ClN4O5S/c1-3-20-24-19(25-31-20)11-26-16-8-15(22)18(9-17(16)30-12-21(26)27)32(28,29)23-10-14-6-4-13(2)5-7-14/h4-9,23H,3,10-12H2,1-2H3. The average molecular weight is 477 g/mol. The molecule has 168 valence electrons. The van der Waals surface area contributed by atoms with Gasteiger partial charge >= 0.3 is 0 Å². The van der Waals surface area contributed by atoms with Crippen molar-refractivity contribution < 1.29 is 22.5 Å². The summed E-state index contributed by atoms with van der Waals surface area (Å²) in [5.74, 6) is 0.684. The second-order valence-corrected chi connectivity index (χ2v) is 9.43. The fraction of sp³-hybridized carbons (Fsp3) is 0.286. The first kappa shape index (κ1) is 22.3. The van der Waals surface area contributed by atoms with Crippen LogP contribution < -0.4 is 14.4 Å². The second-order valence-electron chi connectivity index (χ2n) is 7.29. The van der Waals surface area contributed by atoms with E-state index < -0.39 is 10.0 Å². The molecule has 32 heavy (non-hydrogen) atoms. The van der Waals surface area contributed by atoms with E-state index in [-0.39, 0.29) is 41.3 Å². The number of anilines is 1. The van der Waals surface area contributed by atoms with Crippen molar-refractivity contribution in [2.24, 2.45) is 0 Å². The molecule has 1 aliphatic heterocycles. The van der Waals surface area contributed by atoms with Crippen molar-refractivity contribution >= 4 is 33.2 Å². The molecule has 1 N–H and O–H groups in total. The molecule has 3 aromatic rings. The van der Waals surface area contributed by atoms with Crippen LogP contribution in [0.2, 0.25) is 5.02 Å². The first-order valence-corrected chi connectivity index (χ1v) is 11.8. The highest BCUT2D eigenvalue weighted by molar-refractivity contribution is 7.89. The molecule has 0 spiro atoms. The van der Waals surface area contributed by atoms with Crippen LogP contribution in [0.3, 0.4) is 0 Å². The van der Waals surface area contributed by atoms with Gasteiger partial charge in [-0.2, -0.15) is 4.98 Å². The summed E-state index contributed by atoms with van der Waals surface area (Å²) in [7, 11) is -3.93. The van der Waals surface area contributed by atoms with Crippen molar-refractivity contribution in [2.75, 3.05) is 11.5 Å². The smallest absolute Gasteiger partial charge is 0.265 e. The van der Waals surface area contributed by atoms with Gasteiger partial charge in [-0.25, -0.2) is 13.1 Å². The third kappa shape index (κ3) is 4.62. The Kier molecular flexibility index (Phi) is 6.18. The molecule has 1 aliphatic rings. The van der Waals surface area contributed by atoms with E-state index in [1.165, 1.54) is 17.0 Å². The quantitative estimate of drug-likeness (QED) is 0.557. The second kappa shape index (κ2) is 8.89. The van der Waals surface area contributed by atoms with E-state index in [1.807, 2.05) is 38.1 Å². The summed E-state index contributed by atoms with van der Waals surface area (Å²) in [6, 6.07) is 10.2. The molecule has 0 bridgehead atoms. The van der Waals surface area contributed by atoms with E-state index in [4.69, 9.17) is 20.9 Å². The molecular weight excluding hydrogens is 456 g/mol. The molecule has 1 aromatic heterocycles. The van der Waals surface area contributed by atoms with Gasteiger partial charge in [0.2, 0.25) is 15.9 Å². The van der Waals surface area contributed by atoms with Gasteiger partial charge in [0, 0.05) is 19.0 Å². The number of sulfonamides is 1. The number of carbonyl (C=O) groups is 1. The van der Waals surface area contributed by atoms with Gasteiger partial charge in [-0.15, -0.1) is 0 Å². The highest BCUT2D eigenvalue weighted by atomic mass is 35.5. The highest BCUT2D eigenvalue weighted by Gasteiger charge is 2.30. The number of nitrogens with one attached hydrogen (secondary N) is 1. The Bertz CT molecular complexity index is 1260. The third-order valence-corrected chi connectivity index (χ3v) is 6.81. The Balaban J connectivity index is 1.59. The predicted octanol–water partition coefficient (Wildman–Crippen LogP) is 3.00. The first-order valence-electron chi connectivity index (χ1n) is 9.90. The molecule has 0 saturated carbocycles. The number of hydrogen-bond donors (Lipinski definition) is 1. The molecule has 0 aliphatic carbocycles.